The maximum atomic E-state index is 11.0. The Hall–Kier alpha value is -0.710. The van der Waals surface area contributed by atoms with Gasteiger partial charge in [0.2, 0.25) is 11.1 Å². The predicted molar refractivity (Wildman–Crippen MR) is 40.9 cm³/mol. The summed E-state index contributed by atoms with van der Waals surface area (Å²) in [5.74, 6) is 0. The number of hydrogen-bond donors (Lipinski definition) is 0. The van der Waals surface area contributed by atoms with E-state index in [0.29, 0.717) is 4.90 Å². The lowest BCUT2D eigenvalue weighted by atomic mass is 10.4. The van der Waals surface area contributed by atoms with Crippen LogP contribution in [-0.2, 0) is 20.3 Å². The van der Waals surface area contributed by atoms with Crippen LogP contribution in [0.5, 0.6) is 0 Å². The molecule has 0 bridgehead atoms. The van der Waals surface area contributed by atoms with Gasteiger partial charge >= 0.3 is 0 Å². The largest absolute Gasteiger partial charge is 0.225 e. The maximum absolute atomic E-state index is 11.0. The van der Waals surface area contributed by atoms with E-state index in [4.69, 9.17) is 0 Å². The highest BCUT2D eigenvalue weighted by molar-refractivity contribution is 7.80. The molecule has 0 saturated heterocycles. The monoisotopic (exact) mass is 172 g/mol. The van der Waals surface area contributed by atoms with Crippen molar-refractivity contribution in [3.8, 4) is 0 Å². The first-order chi connectivity index (χ1) is 5.34. The first-order valence-corrected chi connectivity index (χ1v) is 4.10. The molecule has 3 nitrogen and oxygen atoms in total. The fourth-order valence-electron chi connectivity index (χ4n) is 0.633. The summed E-state index contributed by atoms with van der Waals surface area (Å²) in [6.07, 6.45) is 0. The first-order valence-electron chi connectivity index (χ1n) is 3.02. The summed E-state index contributed by atoms with van der Waals surface area (Å²) in [4.78, 5) is 4.85. The van der Waals surface area contributed by atoms with E-state index >= 15 is 0 Å². The molecule has 4 heteroatoms. The van der Waals surface area contributed by atoms with Crippen molar-refractivity contribution in [2.75, 3.05) is 7.11 Å². The second kappa shape index (κ2) is 4.23. The van der Waals surface area contributed by atoms with Crippen LogP contribution in [0.1, 0.15) is 0 Å². The Balaban J connectivity index is 2.69. The molecule has 0 aliphatic rings. The van der Waals surface area contributed by atoms with E-state index in [9.17, 15) is 4.21 Å². The molecule has 0 heterocycles. The lowest BCUT2D eigenvalue weighted by molar-refractivity contribution is -0.166. The Kier molecular flexibility index (Phi) is 3.22. The average Bonchev–Trinajstić information content (AvgIpc) is 2.07. The van der Waals surface area contributed by atoms with Crippen LogP contribution in [0, 0.1) is 0 Å². The molecule has 60 valence electrons. The molecule has 1 atom stereocenters. The van der Waals surface area contributed by atoms with Gasteiger partial charge in [0.25, 0.3) is 0 Å². The summed E-state index contributed by atoms with van der Waals surface area (Å²) >= 11 is -1.51. The lowest BCUT2D eigenvalue weighted by Crippen LogP contribution is -1.95. The van der Waals surface area contributed by atoms with Crippen LogP contribution in [0.15, 0.2) is 35.2 Å². The zero-order valence-electron chi connectivity index (χ0n) is 6.02. The van der Waals surface area contributed by atoms with Crippen molar-refractivity contribution in [2.45, 2.75) is 4.90 Å². The Morgan fingerprint density at radius 1 is 1.27 bits per heavy atom. The van der Waals surface area contributed by atoms with Gasteiger partial charge in [-0.05, 0) is 12.1 Å². The summed E-state index contributed by atoms with van der Waals surface area (Å²) in [7, 11) is 1.32. The maximum Gasteiger partial charge on any atom is 0.220 e. The standard InChI is InChI=1S/C7H8O3S/c1-9-10-11(8)7-5-3-2-4-6-7/h2-6H,1H3. The third-order valence-corrected chi connectivity index (χ3v) is 1.98. The second-order valence-corrected chi connectivity index (χ2v) is 2.86. The summed E-state index contributed by atoms with van der Waals surface area (Å²) in [6.45, 7) is 0. The summed E-state index contributed by atoms with van der Waals surface area (Å²) in [6, 6.07) is 8.82. The lowest BCUT2D eigenvalue weighted by Gasteiger charge is -1.97. The van der Waals surface area contributed by atoms with Gasteiger partial charge in [-0.1, -0.05) is 18.2 Å². The number of rotatable bonds is 3. The average molecular weight is 172 g/mol. The molecule has 0 fully saturated rings. The molecule has 0 aromatic heterocycles. The molecule has 0 saturated carbocycles. The van der Waals surface area contributed by atoms with Crippen LogP contribution < -0.4 is 0 Å². The Bertz CT molecular complexity index is 235. The second-order valence-electron chi connectivity index (χ2n) is 1.78. The zero-order valence-corrected chi connectivity index (χ0v) is 6.84. The van der Waals surface area contributed by atoms with E-state index in [1.807, 2.05) is 6.07 Å². The fourth-order valence-corrected chi connectivity index (χ4v) is 1.21. The van der Waals surface area contributed by atoms with E-state index in [1.54, 1.807) is 24.3 Å². The Labute approximate surface area is 67.5 Å². The molecule has 1 aromatic carbocycles. The molecule has 1 rings (SSSR count). The van der Waals surface area contributed by atoms with E-state index in [0.717, 1.165) is 0 Å². The third-order valence-electron chi connectivity index (χ3n) is 1.07. The highest BCUT2D eigenvalue weighted by Crippen LogP contribution is 2.05. The van der Waals surface area contributed by atoms with Crippen molar-refractivity contribution in [1.29, 1.82) is 0 Å². The van der Waals surface area contributed by atoms with Crippen LogP contribution >= 0.6 is 0 Å². The predicted octanol–water partition coefficient (Wildman–Crippen LogP) is 1.29. The topological polar surface area (TPSA) is 35.5 Å². The van der Waals surface area contributed by atoms with E-state index < -0.39 is 11.1 Å². The molecular weight excluding hydrogens is 164 g/mol. The normalized spacial score (nSPS) is 12.8. The Morgan fingerprint density at radius 3 is 2.45 bits per heavy atom. The SMILES string of the molecule is COOS(=O)c1ccccc1. The molecule has 0 aliphatic heterocycles. The summed E-state index contributed by atoms with van der Waals surface area (Å²) < 4.78 is 15.4. The van der Waals surface area contributed by atoms with Crippen molar-refractivity contribution < 1.29 is 13.4 Å². The smallest absolute Gasteiger partial charge is 0.220 e. The Morgan fingerprint density at radius 2 is 1.91 bits per heavy atom. The zero-order chi connectivity index (χ0) is 8.10. The molecule has 0 N–H and O–H groups in total. The molecule has 1 unspecified atom stereocenters. The molecule has 0 spiro atoms. The van der Waals surface area contributed by atoms with Crippen molar-refractivity contribution in [1.82, 2.24) is 0 Å². The highest BCUT2D eigenvalue weighted by atomic mass is 32.2. The van der Waals surface area contributed by atoms with Gasteiger partial charge in [0.1, 0.15) is 0 Å². The molecule has 0 amide bonds. The van der Waals surface area contributed by atoms with Crippen molar-refractivity contribution >= 4 is 11.1 Å². The fraction of sp³-hybridized carbons (Fsp3) is 0.143. The molecule has 1 aromatic rings. The van der Waals surface area contributed by atoms with E-state index in [2.05, 4.69) is 9.22 Å². The van der Waals surface area contributed by atoms with Gasteiger partial charge in [0.05, 0.1) is 12.0 Å². The molecule has 11 heavy (non-hydrogen) atoms. The van der Waals surface area contributed by atoms with Gasteiger partial charge in [0.15, 0.2) is 0 Å². The number of hydrogen-bond acceptors (Lipinski definition) is 3. The van der Waals surface area contributed by atoms with Gasteiger partial charge in [-0.15, -0.1) is 4.33 Å². The molecule has 0 aliphatic carbocycles. The third kappa shape index (κ3) is 2.42. The van der Waals surface area contributed by atoms with Crippen molar-refractivity contribution in [2.24, 2.45) is 0 Å². The number of benzene rings is 1. The van der Waals surface area contributed by atoms with Crippen LogP contribution in [0.2, 0.25) is 0 Å². The van der Waals surface area contributed by atoms with E-state index in [1.165, 1.54) is 7.11 Å². The quantitative estimate of drug-likeness (QED) is 0.509. The van der Waals surface area contributed by atoms with Gasteiger partial charge < -0.3 is 0 Å². The van der Waals surface area contributed by atoms with Crippen molar-refractivity contribution in [3.63, 3.8) is 0 Å². The van der Waals surface area contributed by atoms with E-state index in [-0.39, 0.29) is 0 Å². The van der Waals surface area contributed by atoms with Gasteiger partial charge in [-0.2, -0.15) is 0 Å². The van der Waals surface area contributed by atoms with Crippen LogP contribution in [0.4, 0.5) is 0 Å². The van der Waals surface area contributed by atoms with Crippen LogP contribution in [-0.4, -0.2) is 11.3 Å². The minimum atomic E-state index is -1.51. The minimum absolute atomic E-state index is 0.592. The minimum Gasteiger partial charge on any atom is -0.225 e. The van der Waals surface area contributed by atoms with Crippen LogP contribution in [0.25, 0.3) is 0 Å². The summed E-state index contributed by atoms with van der Waals surface area (Å²) in [5.41, 5.74) is 0. The summed E-state index contributed by atoms with van der Waals surface area (Å²) in [5, 5.41) is 0. The van der Waals surface area contributed by atoms with Gasteiger partial charge in [0, 0.05) is 0 Å². The highest BCUT2D eigenvalue weighted by Gasteiger charge is 2.01. The van der Waals surface area contributed by atoms with Gasteiger partial charge in [-0.25, -0.2) is 9.10 Å². The van der Waals surface area contributed by atoms with Crippen molar-refractivity contribution in [3.05, 3.63) is 30.3 Å². The first kappa shape index (κ1) is 8.39. The molecule has 0 radical (unpaired) electrons. The molecular formula is C7H8O3S. The van der Waals surface area contributed by atoms with Crippen LogP contribution in [0.3, 0.4) is 0 Å². The van der Waals surface area contributed by atoms with Gasteiger partial charge in [-0.3, -0.25) is 0 Å².